The number of piperazine rings is 1. The fraction of sp³-hybridized carbons (Fsp3) is 0.727. The molecule has 2 heterocycles. The number of aromatic nitrogens is 1. The Kier molecular flexibility index (Phi) is 4.43. The van der Waals surface area contributed by atoms with Gasteiger partial charge >= 0.3 is 0 Å². The topological polar surface area (TPSA) is 87.5 Å². The fourth-order valence-electron chi connectivity index (χ4n) is 1.89. The second-order valence-corrected chi connectivity index (χ2v) is 6.58. The predicted octanol–water partition coefficient (Wildman–Crippen LogP) is -0.0617. The van der Waals surface area contributed by atoms with E-state index < -0.39 is 10.0 Å². The molecule has 0 spiro atoms. The van der Waals surface area contributed by atoms with Crippen LogP contribution in [-0.2, 0) is 10.0 Å². The molecule has 2 N–H and O–H groups in total. The molecule has 108 valence electrons. The van der Waals surface area contributed by atoms with Crippen molar-refractivity contribution in [1.82, 2.24) is 15.4 Å². The van der Waals surface area contributed by atoms with Crippen LogP contribution in [-0.4, -0.2) is 57.0 Å². The molecule has 1 aliphatic heterocycles. The molecule has 0 unspecified atom stereocenters. The Balaban J connectivity index is 1.89. The maximum absolute atomic E-state index is 12.0. The minimum absolute atomic E-state index is 0.0617. The molecule has 0 aromatic carbocycles. The fourth-order valence-corrected chi connectivity index (χ4v) is 2.96. The van der Waals surface area contributed by atoms with E-state index in [9.17, 15) is 8.42 Å². The van der Waals surface area contributed by atoms with Crippen molar-refractivity contribution in [3.05, 3.63) is 11.3 Å². The second kappa shape index (κ2) is 5.89. The first-order chi connectivity index (χ1) is 8.98. The van der Waals surface area contributed by atoms with Gasteiger partial charge in [0.05, 0.1) is 11.4 Å². The molecule has 8 heteroatoms. The number of hydrogen-bond acceptors (Lipinski definition) is 6. The molecular weight excluding hydrogens is 268 g/mol. The minimum atomic E-state index is -3.39. The third-order valence-corrected chi connectivity index (χ3v) is 4.51. The molecule has 0 atom stereocenters. The molecule has 0 bridgehead atoms. The lowest BCUT2D eigenvalue weighted by molar-refractivity contribution is 0.254. The van der Waals surface area contributed by atoms with Crippen LogP contribution in [0.25, 0.3) is 0 Å². The van der Waals surface area contributed by atoms with Crippen molar-refractivity contribution >= 4 is 15.9 Å². The number of rotatable bonds is 5. The number of aryl methyl sites for hydroxylation is 1. The van der Waals surface area contributed by atoms with Gasteiger partial charge in [-0.2, -0.15) is 0 Å². The summed E-state index contributed by atoms with van der Waals surface area (Å²) in [5, 5.41) is 6.96. The molecule has 1 fully saturated rings. The van der Waals surface area contributed by atoms with Gasteiger partial charge in [-0.05, 0) is 13.8 Å². The van der Waals surface area contributed by atoms with Crippen molar-refractivity contribution in [3.8, 4) is 0 Å². The maximum Gasteiger partial charge on any atom is 0.241 e. The van der Waals surface area contributed by atoms with E-state index in [2.05, 4.69) is 20.1 Å². The lowest BCUT2D eigenvalue weighted by Gasteiger charge is -2.26. The summed E-state index contributed by atoms with van der Waals surface area (Å²) in [4.78, 5) is 2.13. The van der Waals surface area contributed by atoms with Crippen molar-refractivity contribution in [3.63, 3.8) is 0 Å². The summed E-state index contributed by atoms with van der Waals surface area (Å²) in [6.45, 7) is 7.67. The average Bonchev–Trinajstić information content (AvgIpc) is 2.69. The third-order valence-electron chi connectivity index (χ3n) is 3.29. The molecule has 7 nitrogen and oxygen atoms in total. The Bertz CT molecular complexity index is 520. The smallest absolute Gasteiger partial charge is 0.241 e. The molecule has 1 saturated heterocycles. The average molecular weight is 288 g/mol. The molecule has 0 saturated carbocycles. The lowest BCUT2D eigenvalue weighted by atomic mass is 10.3. The second-order valence-electron chi connectivity index (χ2n) is 4.73. The summed E-state index contributed by atoms with van der Waals surface area (Å²) in [7, 11) is -3.39. The number of sulfonamides is 1. The summed E-state index contributed by atoms with van der Waals surface area (Å²) in [5.74, 6) is 0.282. The Labute approximate surface area is 113 Å². The SMILES string of the molecule is Cc1noc(NS(=O)(=O)CCN2CCNCC2)c1C. The number of hydrogen-bond donors (Lipinski definition) is 2. The molecular formula is C11H20N4O3S. The number of nitrogens with one attached hydrogen (secondary N) is 2. The van der Waals surface area contributed by atoms with Crippen molar-refractivity contribution in [2.45, 2.75) is 13.8 Å². The van der Waals surface area contributed by atoms with E-state index in [4.69, 9.17) is 4.52 Å². The highest BCUT2D eigenvalue weighted by Crippen LogP contribution is 2.18. The Morgan fingerprint density at radius 3 is 2.63 bits per heavy atom. The van der Waals surface area contributed by atoms with Gasteiger partial charge < -0.3 is 9.84 Å². The summed E-state index contributed by atoms with van der Waals surface area (Å²) in [5.41, 5.74) is 1.42. The van der Waals surface area contributed by atoms with Crippen LogP contribution >= 0.6 is 0 Å². The third kappa shape index (κ3) is 3.92. The maximum atomic E-state index is 12.0. The predicted molar refractivity (Wildman–Crippen MR) is 72.7 cm³/mol. The van der Waals surface area contributed by atoms with E-state index in [1.807, 2.05) is 0 Å². The summed E-state index contributed by atoms with van der Waals surface area (Å²) in [6.07, 6.45) is 0. The standard InChI is InChI=1S/C11H20N4O3S/c1-9-10(2)13-18-11(9)14-19(16,17)8-7-15-5-3-12-4-6-15/h12,14H,3-8H2,1-2H3. The Morgan fingerprint density at radius 2 is 2.05 bits per heavy atom. The van der Waals surface area contributed by atoms with Gasteiger partial charge in [0.2, 0.25) is 15.9 Å². The molecule has 0 amide bonds. The summed E-state index contributed by atoms with van der Waals surface area (Å²) in [6, 6.07) is 0. The van der Waals surface area contributed by atoms with Crippen LogP contribution in [0, 0.1) is 13.8 Å². The van der Waals surface area contributed by atoms with Crippen LogP contribution in [0.4, 0.5) is 5.88 Å². The zero-order valence-corrected chi connectivity index (χ0v) is 12.1. The molecule has 1 aliphatic rings. The highest BCUT2D eigenvalue weighted by atomic mass is 32.2. The van der Waals surface area contributed by atoms with Gasteiger partial charge in [-0.25, -0.2) is 8.42 Å². The molecule has 0 radical (unpaired) electrons. The van der Waals surface area contributed by atoms with Gasteiger partial charge in [0.15, 0.2) is 0 Å². The highest BCUT2D eigenvalue weighted by Gasteiger charge is 2.18. The first-order valence-electron chi connectivity index (χ1n) is 6.34. The molecule has 0 aliphatic carbocycles. The van der Waals surface area contributed by atoms with Crippen molar-refractivity contribution in [1.29, 1.82) is 0 Å². The summed E-state index contributed by atoms with van der Waals surface area (Å²) < 4.78 is 31.3. The van der Waals surface area contributed by atoms with Gasteiger partial charge in [-0.15, -0.1) is 0 Å². The Morgan fingerprint density at radius 1 is 1.37 bits per heavy atom. The van der Waals surface area contributed by atoms with E-state index in [1.54, 1.807) is 13.8 Å². The zero-order valence-electron chi connectivity index (χ0n) is 11.3. The van der Waals surface area contributed by atoms with E-state index in [0.717, 1.165) is 31.7 Å². The Hall–Kier alpha value is -1.12. The largest absolute Gasteiger partial charge is 0.337 e. The van der Waals surface area contributed by atoms with Crippen LogP contribution in [0.1, 0.15) is 11.3 Å². The minimum Gasteiger partial charge on any atom is -0.337 e. The van der Waals surface area contributed by atoms with E-state index >= 15 is 0 Å². The van der Waals surface area contributed by atoms with Crippen LogP contribution in [0.2, 0.25) is 0 Å². The first kappa shape index (κ1) is 14.3. The van der Waals surface area contributed by atoms with Gasteiger partial charge in [-0.1, -0.05) is 5.16 Å². The van der Waals surface area contributed by atoms with Crippen LogP contribution < -0.4 is 10.0 Å². The van der Waals surface area contributed by atoms with Gasteiger partial charge in [-0.3, -0.25) is 9.62 Å². The normalized spacial score (nSPS) is 17.6. The molecule has 1 aromatic rings. The van der Waals surface area contributed by atoms with Crippen LogP contribution in [0.3, 0.4) is 0 Å². The van der Waals surface area contributed by atoms with Crippen molar-refractivity contribution in [2.75, 3.05) is 43.2 Å². The van der Waals surface area contributed by atoms with Gasteiger partial charge in [0.25, 0.3) is 0 Å². The monoisotopic (exact) mass is 288 g/mol. The van der Waals surface area contributed by atoms with Gasteiger partial charge in [0, 0.05) is 38.3 Å². The number of nitrogens with zero attached hydrogens (tertiary/aromatic N) is 2. The number of anilines is 1. The van der Waals surface area contributed by atoms with Crippen LogP contribution in [0.5, 0.6) is 0 Å². The van der Waals surface area contributed by atoms with E-state index in [1.165, 1.54) is 0 Å². The summed E-state index contributed by atoms with van der Waals surface area (Å²) >= 11 is 0. The lowest BCUT2D eigenvalue weighted by Crippen LogP contribution is -2.45. The van der Waals surface area contributed by atoms with Crippen molar-refractivity contribution < 1.29 is 12.9 Å². The van der Waals surface area contributed by atoms with Gasteiger partial charge in [0.1, 0.15) is 0 Å². The molecule has 2 rings (SSSR count). The quantitative estimate of drug-likeness (QED) is 0.789. The van der Waals surface area contributed by atoms with Crippen molar-refractivity contribution in [2.24, 2.45) is 0 Å². The van der Waals surface area contributed by atoms with Crippen LogP contribution in [0.15, 0.2) is 4.52 Å². The first-order valence-corrected chi connectivity index (χ1v) is 7.99. The van der Waals surface area contributed by atoms with E-state index in [-0.39, 0.29) is 11.6 Å². The van der Waals surface area contributed by atoms with E-state index in [0.29, 0.717) is 12.2 Å². The zero-order chi connectivity index (χ0) is 13.9. The molecule has 1 aromatic heterocycles. The molecule has 19 heavy (non-hydrogen) atoms. The highest BCUT2D eigenvalue weighted by molar-refractivity contribution is 7.92.